The maximum Gasteiger partial charge on any atom is 0.346 e. The summed E-state index contributed by atoms with van der Waals surface area (Å²) in [5.74, 6) is 0.137. The summed E-state index contributed by atoms with van der Waals surface area (Å²) in [5.41, 5.74) is 4.63. The van der Waals surface area contributed by atoms with Crippen molar-refractivity contribution in [1.29, 1.82) is 0 Å². The van der Waals surface area contributed by atoms with E-state index in [2.05, 4.69) is 24.4 Å². The number of ether oxygens (including phenoxy) is 2. The van der Waals surface area contributed by atoms with Crippen LogP contribution in [-0.4, -0.2) is 13.1 Å². The van der Waals surface area contributed by atoms with Crippen molar-refractivity contribution < 1.29 is 14.3 Å². The number of hydrogen-bond acceptors (Lipinski definition) is 4. The van der Waals surface area contributed by atoms with E-state index in [1.54, 1.807) is 13.2 Å². The zero-order valence-electron chi connectivity index (χ0n) is 14.1. The van der Waals surface area contributed by atoms with E-state index in [-0.39, 0.29) is 5.97 Å². The van der Waals surface area contributed by atoms with E-state index in [4.69, 9.17) is 9.47 Å². The number of anilines is 1. The van der Waals surface area contributed by atoms with E-state index in [9.17, 15) is 4.79 Å². The number of carbonyl (C=O) groups is 1. The number of carbonyl (C=O) groups excluding carboxylic acids is 1. The summed E-state index contributed by atoms with van der Waals surface area (Å²) in [6, 6.07) is 9.69. The molecule has 0 saturated heterocycles. The summed E-state index contributed by atoms with van der Waals surface area (Å²) in [4.78, 5) is 12.6. The molecule has 2 aromatic carbocycles. The van der Waals surface area contributed by atoms with Gasteiger partial charge in [0.05, 0.1) is 12.8 Å². The summed E-state index contributed by atoms with van der Waals surface area (Å²) < 4.78 is 11.1. The lowest BCUT2D eigenvalue weighted by molar-refractivity contribution is -0.00350. The van der Waals surface area contributed by atoms with Crippen LogP contribution < -0.4 is 10.1 Å². The molecule has 1 aliphatic heterocycles. The number of benzene rings is 2. The first-order valence-electron chi connectivity index (χ1n) is 7.62. The highest BCUT2D eigenvalue weighted by Gasteiger charge is 2.40. The Hall–Kier alpha value is -2.49. The predicted octanol–water partition coefficient (Wildman–Crippen LogP) is 4.08. The molecule has 1 aliphatic rings. The molecule has 0 radical (unpaired) electrons. The summed E-state index contributed by atoms with van der Waals surface area (Å²) in [6.07, 6.45) is 0. The fourth-order valence-electron chi connectivity index (χ4n) is 3.58. The number of fused-ring (bicyclic) bond motifs is 1. The lowest BCUT2D eigenvalue weighted by Gasteiger charge is -2.38. The minimum atomic E-state index is -0.904. The molecular formula is C19H21NO3. The Morgan fingerprint density at radius 1 is 1.13 bits per heavy atom. The molecule has 1 atom stereocenters. The zero-order chi connectivity index (χ0) is 16.8. The molecule has 0 aliphatic carbocycles. The van der Waals surface area contributed by atoms with E-state index < -0.39 is 5.72 Å². The third-order valence-electron chi connectivity index (χ3n) is 4.27. The topological polar surface area (TPSA) is 47.6 Å². The molecule has 0 fully saturated rings. The first kappa shape index (κ1) is 15.4. The van der Waals surface area contributed by atoms with Gasteiger partial charge in [-0.3, -0.25) is 0 Å². The Labute approximate surface area is 136 Å². The van der Waals surface area contributed by atoms with Crippen molar-refractivity contribution in [3.8, 4) is 5.75 Å². The van der Waals surface area contributed by atoms with Crippen molar-refractivity contribution in [3.05, 3.63) is 58.1 Å². The van der Waals surface area contributed by atoms with Crippen molar-refractivity contribution in [2.45, 2.75) is 33.4 Å². The molecule has 3 rings (SSSR count). The van der Waals surface area contributed by atoms with E-state index in [1.807, 2.05) is 32.9 Å². The Kier molecular flexibility index (Phi) is 3.55. The first-order valence-corrected chi connectivity index (χ1v) is 7.62. The lowest BCUT2D eigenvalue weighted by Crippen LogP contribution is -2.42. The van der Waals surface area contributed by atoms with Gasteiger partial charge in [-0.25, -0.2) is 4.79 Å². The minimum Gasteiger partial charge on any atom is -0.496 e. The fourth-order valence-corrected chi connectivity index (χ4v) is 3.58. The van der Waals surface area contributed by atoms with Crippen LogP contribution in [0.2, 0.25) is 0 Å². The Balaban J connectivity index is 2.14. The largest absolute Gasteiger partial charge is 0.496 e. The second kappa shape index (κ2) is 5.30. The molecule has 2 aromatic rings. The molecule has 1 heterocycles. The summed E-state index contributed by atoms with van der Waals surface area (Å²) >= 11 is 0. The molecule has 23 heavy (non-hydrogen) atoms. The molecule has 0 bridgehead atoms. The van der Waals surface area contributed by atoms with Crippen molar-refractivity contribution in [1.82, 2.24) is 0 Å². The van der Waals surface area contributed by atoms with Gasteiger partial charge in [-0.2, -0.15) is 0 Å². The number of cyclic esters (lactones) is 1. The number of nitrogens with one attached hydrogen (secondary N) is 1. The number of hydrogen-bond donors (Lipinski definition) is 1. The predicted molar refractivity (Wildman–Crippen MR) is 90.0 cm³/mol. The summed E-state index contributed by atoms with van der Waals surface area (Å²) in [6.45, 7) is 8.03. The van der Waals surface area contributed by atoms with Crippen molar-refractivity contribution in [2.24, 2.45) is 0 Å². The van der Waals surface area contributed by atoms with Crippen LogP contribution in [0.4, 0.5) is 5.69 Å². The number of rotatable bonds is 2. The van der Waals surface area contributed by atoms with Gasteiger partial charge in [0, 0.05) is 5.56 Å². The second-order valence-corrected chi connectivity index (χ2v) is 6.20. The SMILES string of the molecule is COc1cccc2c1C(=O)OC(C)(c1c(C)cc(C)cc1C)N2. The Morgan fingerprint density at radius 2 is 1.78 bits per heavy atom. The van der Waals surface area contributed by atoms with Gasteiger partial charge in [0.2, 0.25) is 5.72 Å². The van der Waals surface area contributed by atoms with Crippen LogP contribution in [0, 0.1) is 20.8 Å². The maximum atomic E-state index is 12.6. The van der Waals surface area contributed by atoms with Gasteiger partial charge in [0.15, 0.2) is 0 Å². The first-order chi connectivity index (χ1) is 10.9. The highest BCUT2D eigenvalue weighted by atomic mass is 16.6. The average Bonchev–Trinajstić information content (AvgIpc) is 2.44. The molecule has 0 amide bonds. The van der Waals surface area contributed by atoms with Gasteiger partial charge < -0.3 is 14.8 Å². The maximum absolute atomic E-state index is 12.6. The van der Waals surface area contributed by atoms with E-state index in [0.29, 0.717) is 11.3 Å². The molecule has 0 aromatic heterocycles. The lowest BCUT2D eigenvalue weighted by atomic mass is 9.90. The van der Waals surface area contributed by atoms with Crippen LogP contribution >= 0.6 is 0 Å². The van der Waals surface area contributed by atoms with Gasteiger partial charge in [0.25, 0.3) is 0 Å². The molecule has 0 spiro atoms. The third-order valence-corrected chi connectivity index (χ3v) is 4.27. The quantitative estimate of drug-likeness (QED) is 0.849. The molecule has 0 saturated carbocycles. The molecule has 1 unspecified atom stereocenters. The van der Waals surface area contributed by atoms with Gasteiger partial charge in [-0.15, -0.1) is 0 Å². The van der Waals surface area contributed by atoms with Crippen LogP contribution in [-0.2, 0) is 10.5 Å². The number of esters is 1. The number of aryl methyl sites for hydroxylation is 3. The Bertz CT molecular complexity index is 774. The van der Waals surface area contributed by atoms with Crippen LogP contribution in [0.25, 0.3) is 0 Å². The molecule has 4 heteroatoms. The minimum absolute atomic E-state index is 0.377. The van der Waals surface area contributed by atoms with Gasteiger partial charge >= 0.3 is 5.97 Å². The van der Waals surface area contributed by atoms with Crippen LogP contribution in [0.3, 0.4) is 0 Å². The van der Waals surface area contributed by atoms with Crippen LogP contribution in [0.15, 0.2) is 30.3 Å². The standard InChI is InChI=1S/C19H21NO3/c1-11-9-12(2)17(13(3)10-11)19(4)20-14-7-6-8-15(22-5)16(14)18(21)23-19/h6-10,20H,1-5H3. The van der Waals surface area contributed by atoms with E-state index in [1.165, 1.54) is 5.56 Å². The molecular weight excluding hydrogens is 290 g/mol. The monoisotopic (exact) mass is 311 g/mol. The third kappa shape index (κ3) is 2.44. The molecule has 120 valence electrons. The molecule has 4 nitrogen and oxygen atoms in total. The van der Waals surface area contributed by atoms with Gasteiger partial charge in [-0.05, 0) is 51.0 Å². The van der Waals surface area contributed by atoms with Crippen molar-refractivity contribution >= 4 is 11.7 Å². The summed E-state index contributed by atoms with van der Waals surface area (Å²) in [5, 5.41) is 3.37. The van der Waals surface area contributed by atoms with Crippen molar-refractivity contribution in [3.63, 3.8) is 0 Å². The van der Waals surface area contributed by atoms with Gasteiger partial charge in [-0.1, -0.05) is 23.8 Å². The van der Waals surface area contributed by atoms with Crippen molar-refractivity contribution in [2.75, 3.05) is 12.4 Å². The molecule has 1 N–H and O–H groups in total. The van der Waals surface area contributed by atoms with Crippen LogP contribution in [0.5, 0.6) is 5.75 Å². The second-order valence-electron chi connectivity index (χ2n) is 6.20. The van der Waals surface area contributed by atoms with Crippen LogP contribution in [0.1, 0.15) is 39.5 Å². The van der Waals surface area contributed by atoms with E-state index >= 15 is 0 Å². The highest BCUT2D eigenvalue weighted by Crippen LogP contribution is 2.41. The van der Waals surface area contributed by atoms with E-state index in [0.717, 1.165) is 22.4 Å². The average molecular weight is 311 g/mol. The zero-order valence-corrected chi connectivity index (χ0v) is 14.1. The smallest absolute Gasteiger partial charge is 0.346 e. The van der Waals surface area contributed by atoms with Gasteiger partial charge in [0.1, 0.15) is 11.3 Å². The summed E-state index contributed by atoms with van der Waals surface area (Å²) in [7, 11) is 1.55. The normalized spacial score (nSPS) is 19.6. The number of methoxy groups -OCH3 is 1. The Morgan fingerprint density at radius 3 is 2.39 bits per heavy atom. The highest BCUT2D eigenvalue weighted by molar-refractivity contribution is 6.00. The fraction of sp³-hybridized carbons (Fsp3) is 0.316.